The smallest absolute Gasteiger partial charge is 0.161 e. The zero-order valence-electron chi connectivity index (χ0n) is 10.3. The van der Waals surface area contributed by atoms with Crippen LogP contribution in [0.3, 0.4) is 0 Å². The summed E-state index contributed by atoms with van der Waals surface area (Å²) in [5.74, 6) is 1.26. The van der Waals surface area contributed by atoms with Gasteiger partial charge in [0.05, 0.1) is 20.3 Å². The van der Waals surface area contributed by atoms with E-state index in [2.05, 4.69) is 22.0 Å². The molecule has 0 saturated heterocycles. The van der Waals surface area contributed by atoms with Crippen molar-refractivity contribution in [1.82, 2.24) is 4.90 Å². The maximum Gasteiger partial charge on any atom is 0.161 e. The van der Waals surface area contributed by atoms with Gasteiger partial charge in [0.15, 0.2) is 11.5 Å². The highest BCUT2D eigenvalue weighted by Gasteiger charge is 2.19. The summed E-state index contributed by atoms with van der Waals surface area (Å²) in [7, 11) is 6.87. The van der Waals surface area contributed by atoms with Crippen molar-refractivity contribution in [3.8, 4) is 17.6 Å². The van der Waals surface area contributed by atoms with Crippen LogP contribution in [-0.4, -0.2) is 33.2 Å². The van der Waals surface area contributed by atoms with Crippen LogP contribution >= 0.6 is 15.9 Å². The molecule has 0 N–H and O–H groups in total. The fourth-order valence-corrected chi connectivity index (χ4v) is 2.08. The molecule has 17 heavy (non-hydrogen) atoms. The Morgan fingerprint density at radius 1 is 1.24 bits per heavy atom. The van der Waals surface area contributed by atoms with Crippen LogP contribution in [0.15, 0.2) is 16.6 Å². The average Bonchev–Trinajstić information content (AvgIpc) is 2.31. The third-order valence-electron chi connectivity index (χ3n) is 2.44. The van der Waals surface area contributed by atoms with Gasteiger partial charge in [-0.15, -0.1) is 0 Å². The predicted octanol–water partition coefficient (Wildman–Crippen LogP) is 2.59. The topological polar surface area (TPSA) is 45.5 Å². The minimum atomic E-state index is -0.329. The summed E-state index contributed by atoms with van der Waals surface area (Å²) in [6.45, 7) is 0. The molecular formula is C12H15BrN2O2. The molecule has 5 heteroatoms. The van der Waals surface area contributed by atoms with Gasteiger partial charge >= 0.3 is 0 Å². The van der Waals surface area contributed by atoms with Gasteiger partial charge in [-0.3, -0.25) is 4.90 Å². The Kier molecular flexibility index (Phi) is 4.79. The molecular weight excluding hydrogens is 284 g/mol. The molecule has 0 heterocycles. The molecule has 1 rings (SSSR count). The minimum absolute atomic E-state index is 0.329. The molecule has 1 aromatic carbocycles. The lowest BCUT2D eigenvalue weighted by molar-refractivity contribution is 0.343. The molecule has 0 radical (unpaired) electrons. The zero-order valence-corrected chi connectivity index (χ0v) is 11.9. The van der Waals surface area contributed by atoms with E-state index < -0.39 is 0 Å². The highest BCUT2D eigenvalue weighted by Crippen LogP contribution is 2.36. The number of rotatable bonds is 4. The summed E-state index contributed by atoms with van der Waals surface area (Å²) < 4.78 is 11.3. The Morgan fingerprint density at radius 2 is 1.76 bits per heavy atom. The lowest BCUT2D eigenvalue weighted by Gasteiger charge is -2.20. The van der Waals surface area contributed by atoms with Gasteiger partial charge in [0.1, 0.15) is 6.04 Å². The Labute approximate surface area is 110 Å². The van der Waals surface area contributed by atoms with E-state index in [9.17, 15) is 5.26 Å². The van der Waals surface area contributed by atoms with Crippen LogP contribution in [0.4, 0.5) is 0 Å². The summed E-state index contributed by atoms with van der Waals surface area (Å²) >= 11 is 3.45. The third kappa shape index (κ3) is 2.90. The predicted molar refractivity (Wildman–Crippen MR) is 69.3 cm³/mol. The van der Waals surface area contributed by atoms with Crippen LogP contribution in [0.25, 0.3) is 0 Å². The maximum atomic E-state index is 9.18. The number of halogens is 1. The van der Waals surface area contributed by atoms with E-state index in [0.29, 0.717) is 11.5 Å². The first kappa shape index (κ1) is 13.8. The third-order valence-corrected chi connectivity index (χ3v) is 3.12. The van der Waals surface area contributed by atoms with Crippen LogP contribution in [0.1, 0.15) is 11.6 Å². The number of ether oxygens (including phenoxy) is 2. The number of hydrogen-bond donors (Lipinski definition) is 0. The van der Waals surface area contributed by atoms with Crippen molar-refractivity contribution in [2.75, 3.05) is 28.3 Å². The zero-order chi connectivity index (χ0) is 13.0. The van der Waals surface area contributed by atoms with Crippen molar-refractivity contribution in [2.45, 2.75) is 6.04 Å². The first-order valence-corrected chi connectivity index (χ1v) is 5.82. The molecule has 0 aliphatic carbocycles. The Morgan fingerprint density at radius 3 is 2.18 bits per heavy atom. The second kappa shape index (κ2) is 5.89. The molecule has 0 bridgehead atoms. The molecule has 0 unspecified atom stereocenters. The van der Waals surface area contributed by atoms with Gasteiger partial charge in [0, 0.05) is 10.0 Å². The number of nitriles is 1. The van der Waals surface area contributed by atoms with Crippen molar-refractivity contribution in [1.29, 1.82) is 5.26 Å². The summed E-state index contributed by atoms with van der Waals surface area (Å²) in [6.07, 6.45) is 0. The van der Waals surface area contributed by atoms with E-state index in [0.717, 1.165) is 10.0 Å². The Hall–Kier alpha value is -1.25. The molecule has 0 aromatic heterocycles. The van der Waals surface area contributed by atoms with Crippen LogP contribution in [0, 0.1) is 11.3 Å². The van der Waals surface area contributed by atoms with Gasteiger partial charge in [-0.1, -0.05) is 15.9 Å². The van der Waals surface area contributed by atoms with E-state index in [1.54, 1.807) is 14.2 Å². The van der Waals surface area contributed by atoms with Crippen molar-refractivity contribution in [2.24, 2.45) is 0 Å². The van der Waals surface area contributed by atoms with E-state index in [4.69, 9.17) is 9.47 Å². The first-order valence-electron chi connectivity index (χ1n) is 5.02. The molecule has 0 amide bonds. The number of nitrogens with zero attached hydrogens (tertiary/aromatic N) is 2. The second-order valence-electron chi connectivity index (χ2n) is 3.72. The molecule has 0 fully saturated rings. The standard InChI is InChI=1S/C12H15BrN2O2/c1-15(2)10(7-14)8-5-11(16-3)12(17-4)6-9(8)13/h5-6,10H,1-4H3/t10-/m0/s1. The van der Waals surface area contributed by atoms with Gasteiger partial charge in [0.2, 0.25) is 0 Å². The van der Waals surface area contributed by atoms with Gasteiger partial charge in [-0.2, -0.15) is 5.26 Å². The van der Waals surface area contributed by atoms with Crippen LogP contribution < -0.4 is 9.47 Å². The summed E-state index contributed by atoms with van der Waals surface area (Å²) in [5, 5.41) is 9.18. The van der Waals surface area contributed by atoms with Crippen LogP contribution in [0.2, 0.25) is 0 Å². The van der Waals surface area contributed by atoms with Crippen molar-refractivity contribution in [3.63, 3.8) is 0 Å². The van der Waals surface area contributed by atoms with Gasteiger partial charge in [-0.05, 0) is 26.2 Å². The average molecular weight is 299 g/mol. The Balaban J connectivity index is 3.30. The molecule has 4 nitrogen and oxygen atoms in total. The molecule has 0 aliphatic rings. The largest absolute Gasteiger partial charge is 0.493 e. The molecule has 0 spiro atoms. The summed E-state index contributed by atoms with van der Waals surface area (Å²) in [4.78, 5) is 1.84. The summed E-state index contributed by atoms with van der Waals surface area (Å²) in [6, 6.07) is 5.54. The van der Waals surface area contributed by atoms with Crippen molar-refractivity contribution >= 4 is 15.9 Å². The maximum absolute atomic E-state index is 9.18. The van der Waals surface area contributed by atoms with Crippen molar-refractivity contribution < 1.29 is 9.47 Å². The van der Waals surface area contributed by atoms with Crippen LogP contribution in [0.5, 0.6) is 11.5 Å². The molecule has 0 aliphatic heterocycles. The number of hydrogen-bond acceptors (Lipinski definition) is 4. The normalized spacial score (nSPS) is 12.1. The number of benzene rings is 1. The summed E-state index contributed by atoms with van der Waals surface area (Å²) in [5.41, 5.74) is 0.857. The van der Waals surface area contributed by atoms with E-state index in [1.165, 1.54) is 0 Å². The highest BCUT2D eigenvalue weighted by molar-refractivity contribution is 9.10. The lowest BCUT2D eigenvalue weighted by atomic mass is 10.1. The molecule has 92 valence electrons. The second-order valence-corrected chi connectivity index (χ2v) is 4.58. The van der Waals surface area contributed by atoms with Gasteiger partial charge in [-0.25, -0.2) is 0 Å². The van der Waals surface area contributed by atoms with Gasteiger partial charge < -0.3 is 9.47 Å². The van der Waals surface area contributed by atoms with Crippen LogP contribution in [-0.2, 0) is 0 Å². The first-order chi connectivity index (χ1) is 8.04. The van der Waals surface area contributed by atoms with E-state index in [1.807, 2.05) is 31.1 Å². The van der Waals surface area contributed by atoms with E-state index >= 15 is 0 Å². The fraction of sp³-hybridized carbons (Fsp3) is 0.417. The SMILES string of the molecule is COc1cc(Br)c([C@H](C#N)N(C)C)cc1OC. The quantitative estimate of drug-likeness (QED) is 0.857. The lowest BCUT2D eigenvalue weighted by Crippen LogP contribution is -2.18. The molecule has 1 atom stereocenters. The Bertz CT molecular complexity index is 441. The number of methoxy groups -OCH3 is 2. The fourth-order valence-electron chi connectivity index (χ4n) is 1.54. The monoisotopic (exact) mass is 298 g/mol. The highest BCUT2D eigenvalue weighted by atomic mass is 79.9. The molecule has 1 aromatic rings. The van der Waals surface area contributed by atoms with Gasteiger partial charge in [0.25, 0.3) is 0 Å². The van der Waals surface area contributed by atoms with Crippen molar-refractivity contribution in [3.05, 3.63) is 22.2 Å². The molecule has 0 saturated carbocycles. The van der Waals surface area contributed by atoms with E-state index in [-0.39, 0.29) is 6.04 Å². The minimum Gasteiger partial charge on any atom is -0.493 e.